The van der Waals surface area contributed by atoms with Crippen LogP contribution < -0.4 is 16.4 Å². The number of benzene rings is 1. The molecule has 4 nitrogen and oxygen atoms in total. The summed E-state index contributed by atoms with van der Waals surface area (Å²) in [5, 5.41) is 5.60. The van der Waals surface area contributed by atoms with E-state index in [0.717, 1.165) is 11.3 Å². The molecule has 4 N–H and O–H groups in total. The van der Waals surface area contributed by atoms with Gasteiger partial charge in [0.1, 0.15) is 0 Å². The molecule has 1 aromatic rings. The lowest BCUT2D eigenvalue weighted by molar-refractivity contribution is 0.244. The molecule has 0 aliphatic rings. The SMILES string of the molecule is CC(N)c1ccc(NC(=O)NC(C)(C)C)cc1. The first-order valence-electron chi connectivity index (χ1n) is 5.72. The second-order valence-corrected chi connectivity index (χ2v) is 5.24. The zero-order valence-corrected chi connectivity index (χ0v) is 10.9. The van der Waals surface area contributed by atoms with Crippen LogP contribution in [0.1, 0.15) is 39.3 Å². The lowest BCUT2D eigenvalue weighted by atomic mass is 10.1. The second kappa shape index (κ2) is 5.19. The highest BCUT2D eigenvalue weighted by atomic mass is 16.2. The number of carbonyl (C=O) groups is 1. The van der Waals surface area contributed by atoms with E-state index in [-0.39, 0.29) is 17.6 Å². The molecule has 1 rings (SSSR count). The van der Waals surface area contributed by atoms with Gasteiger partial charge in [-0.3, -0.25) is 0 Å². The normalized spacial score (nSPS) is 13.0. The minimum absolute atomic E-state index is 0.00690. The molecule has 0 fully saturated rings. The van der Waals surface area contributed by atoms with Crippen molar-refractivity contribution in [1.82, 2.24) is 5.32 Å². The van der Waals surface area contributed by atoms with Crippen molar-refractivity contribution < 1.29 is 4.79 Å². The number of carbonyl (C=O) groups excluding carboxylic acids is 1. The fourth-order valence-electron chi connectivity index (χ4n) is 1.37. The zero-order chi connectivity index (χ0) is 13.1. The van der Waals surface area contributed by atoms with E-state index < -0.39 is 0 Å². The van der Waals surface area contributed by atoms with Gasteiger partial charge < -0.3 is 16.4 Å². The van der Waals surface area contributed by atoms with E-state index in [0.29, 0.717) is 0 Å². The topological polar surface area (TPSA) is 67.1 Å². The molecular weight excluding hydrogens is 214 g/mol. The highest BCUT2D eigenvalue weighted by Crippen LogP contribution is 2.14. The molecule has 0 saturated carbocycles. The van der Waals surface area contributed by atoms with Crippen molar-refractivity contribution in [2.24, 2.45) is 5.73 Å². The number of nitrogens with one attached hydrogen (secondary N) is 2. The van der Waals surface area contributed by atoms with Gasteiger partial charge in [0, 0.05) is 17.3 Å². The molecule has 0 heterocycles. The van der Waals surface area contributed by atoms with Gasteiger partial charge in [-0.25, -0.2) is 4.79 Å². The standard InChI is InChI=1S/C13H21N3O/c1-9(14)10-5-7-11(8-6-10)15-12(17)16-13(2,3)4/h5-9H,14H2,1-4H3,(H2,15,16,17). The average molecular weight is 235 g/mol. The number of rotatable bonds is 2. The Morgan fingerprint density at radius 3 is 2.18 bits per heavy atom. The van der Waals surface area contributed by atoms with Gasteiger partial charge in [0.05, 0.1) is 0 Å². The summed E-state index contributed by atoms with van der Waals surface area (Å²) < 4.78 is 0. The highest BCUT2D eigenvalue weighted by molar-refractivity contribution is 5.89. The molecule has 0 spiro atoms. The van der Waals surface area contributed by atoms with Crippen LogP contribution in [0, 0.1) is 0 Å². The minimum atomic E-state index is -0.240. The number of hydrogen-bond donors (Lipinski definition) is 3. The Morgan fingerprint density at radius 2 is 1.76 bits per heavy atom. The van der Waals surface area contributed by atoms with E-state index >= 15 is 0 Å². The third-order valence-electron chi connectivity index (χ3n) is 2.18. The number of hydrogen-bond acceptors (Lipinski definition) is 2. The summed E-state index contributed by atoms with van der Waals surface area (Å²) in [6.45, 7) is 7.73. The van der Waals surface area contributed by atoms with Crippen molar-refractivity contribution in [2.45, 2.75) is 39.3 Å². The van der Waals surface area contributed by atoms with E-state index in [2.05, 4.69) is 10.6 Å². The lowest BCUT2D eigenvalue weighted by Crippen LogP contribution is -2.43. The molecule has 0 aliphatic carbocycles. The number of anilines is 1. The zero-order valence-electron chi connectivity index (χ0n) is 10.9. The molecule has 1 unspecified atom stereocenters. The Labute approximate surface area is 103 Å². The van der Waals surface area contributed by atoms with Gasteiger partial charge in [0.25, 0.3) is 0 Å². The van der Waals surface area contributed by atoms with Gasteiger partial charge >= 0.3 is 6.03 Å². The molecule has 0 aliphatic heterocycles. The van der Waals surface area contributed by atoms with Crippen LogP contribution in [0.4, 0.5) is 10.5 Å². The quantitative estimate of drug-likeness (QED) is 0.737. The Balaban J connectivity index is 2.61. The predicted molar refractivity (Wildman–Crippen MR) is 71.0 cm³/mol. The van der Waals surface area contributed by atoms with Crippen LogP contribution in [0.15, 0.2) is 24.3 Å². The first-order chi connectivity index (χ1) is 7.78. The summed E-state index contributed by atoms with van der Waals surface area (Å²) in [5.41, 5.74) is 7.32. The van der Waals surface area contributed by atoms with E-state index in [1.807, 2.05) is 52.0 Å². The first-order valence-corrected chi connectivity index (χ1v) is 5.72. The van der Waals surface area contributed by atoms with Crippen molar-refractivity contribution in [3.63, 3.8) is 0 Å². The smallest absolute Gasteiger partial charge is 0.319 e. The van der Waals surface area contributed by atoms with Gasteiger partial charge in [0.2, 0.25) is 0 Å². The van der Waals surface area contributed by atoms with E-state index in [4.69, 9.17) is 5.73 Å². The first kappa shape index (κ1) is 13.5. The van der Waals surface area contributed by atoms with Crippen LogP contribution in [-0.2, 0) is 0 Å². The van der Waals surface area contributed by atoms with Crippen LogP contribution in [0.25, 0.3) is 0 Å². The van der Waals surface area contributed by atoms with Crippen molar-refractivity contribution in [2.75, 3.05) is 5.32 Å². The van der Waals surface area contributed by atoms with Crippen molar-refractivity contribution in [1.29, 1.82) is 0 Å². The highest BCUT2D eigenvalue weighted by Gasteiger charge is 2.13. The molecule has 0 aromatic heterocycles. The summed E-state index contributed by atoms with van der Waals surface area (Å²) in [6, 6.07) is 7.33. The van der Waals surface area contributed by atoms with E-state index in [1.54, 1.807) is 0 Å². The van der Waals surface area contributed by atoms with Crippen LogP contribution >= 0.6 is 0 Å². The van der Waals surface area contributed by atoms with Gasteiger partial charge in [-0.05, 0) is 45.4 Å². The Kier molecular flexibility index (Phi) is 4.12. The number of urea groups is 1. The molecule has 4 heteroatoms. The van der Waals surface area contributed by atoms with Crippen LogP contribution in [0.2, 0.25) is 0 Å². The Morgan fingerprint density at radius 1 is 1.24 bits per heavy atom. The predicted octanol–water partition coefficient (Wildman–Crippen LogP) is 2.63. The van der Waals surface area contributed by atoms with Gasteiger partial charge in [-0.1, -0.05) is 12.1 Å². The summed E-state index contributed by atoms with van der Waals surface area (Å²) in [7, 11) is 0. The van der Waals surface area contributed by atoms with Crippen molar-refractivity contribution >= 4 is 11.7 Å². The minimum Gasteiger partial charge on any atom is -0.333 e. The summed E-state index contributed by atoms with van der Waals surface area (Å²) in [5.74, 6) is 0. The molecule has 0 radical (unpaired) electrons. The molecule has 1 atom stereocenters. The van der Waals surface area contributed by atoms with Crippen LogP contribution in [0.3, 0.4) is 0 Å². The van der Waals surface area contributed by atoms with E-state index in [9.17, 15) is 4.79 Å². The molecule has 2 amide bonds. The van der Waals surface area contributed by atoms with Crippen LogP contribution in [0.5, 0.6) is 0 Å². The molecule has 1 aromatic carbocycles. The van der Waals surface area contributed by atoms with E-state index in [1.165, 1.54) is 0 Å². The van der Waals surface area contributed by atoms with Gasteiger partial charge in [-0.2, -0.15) is 0 Å². The third kappa shape index (κ3) is 4.87. The molecule has 94 valence electrons. The lowest BCUT2D eigenvalue weighted by Gasteiger charge is -2.20. The van der Waals surface area contributed by atoms with Crippen molar-refractivity contribution in [3.05, 3.63) is 29.8 Å². The maximum Gasteiger partial charge on any atom is 0.319 e. The van der Waals surface area contributed by atoms with Gasteiger partial charge in [-0.15, -0.1) is 0 Å². The summed E-state index contributed by atoms with van der Waals surface area (Å²) >= 11 is 0. The second-order valence-electron chi connectivity index (χ2n) is 5.24. The Hall–Kier alpha value is -1.55. The summed E-state index contributed by atoms with van der Waals surface area (Å²) in [6.07, 6.45) is 0. The van der Waals surface area contributed by atoms with Crippen molar-refractivity contribution in [3.8, 4) is 0 Å². The molecule has 0 saturated heterocycles. The molecule has 0 bridgehead atoms. The fourth-order valence-corrected chi connectivity index (χ4v) is 1.37. The largest absolute Gasteiger partial charge is 0.333 e. The fraction of sp³-hybridized carbons (Fsp3) is 0.462. The number of nitrogens with two attached hydrogens (primary N) is 1. The maximum absolute atomic E-state index is 11.6. The number of amides is 2. The maximum atomic E-state index is 11.6. The summed E-state index contributed by atoms with van der Waals surface area (Å²) in [4.78, 5) is 11.6. The van der Waals surface area contributed by atoms with Gasteiger partial charge in [0.15, 0.2) is 0 Å². The third-order valence-corrected chi connectivity index (χ3v) is 2.18. The average Bonchev–Trinajstić information content (AvgIpc) is 2.15. The molecular formula is C13H21N3O. The van der Waals surface area contributed by atoms with Crippen LogP contribution in [-0.4, -0.2) is 11.6 Å². The molecule has 17 heavy (non-hydrogen) atoms. The Bertz CT molecular complexity index is 377. The monoisotopic (exact) mass is 235 g/mol.